The number of hydrogen-bond donors (Lipinski definition) is 1. The second kappa shape index (κ2) is 6.53. The molecule has 1 aromatic rings. The normalized spacial score (nSPS) is 9.65. The predicted molar refractivity (Wildman–Crippen MR) is 66.5 cm³/mol. The first kappa shape index (κ1) is 13.0. The summed E-state index contributed by atoms with van der Waals surface area (Å²) >= 11 is 0. The Kier molecular flexibility index (Phi) is 5.01. The molecule has 0 aromatic heterocycles. The molecule has 0 saturated heterocycles. The molecule has 3 nitrogen and oxygen atoms in total. The van der Waals surface area contributed by atoms with E-state index < -0.39 is 5.97 Å². The molecule has 0 spiro atoms. The van der Waals surface area contributed by atoms with Crippen LogP contribution in [0.15, 0.2) is 49.3 Å². The van der Waals surface area contributed by atoms with Crippen molar-refractivity contribution in [2.75, 3.05) is 0 Å². The highest BCUT2D eigenvalue weighted by Crippen LogP contribution is 2.11. The summed E-state index contributed by atoms with van der Waals surface area (Å²) in [6.07, 6.45) is 2.53. The number of ether oxygens (including phenoxy) is 1. The van der Waals surface area contributed by atoms with Crippen molar-refractivity contribution in [2.45, 2.75) is 19.4 Å². The summed E-state index contributed by atoms with van der Waals surface area (Å²) in [5, 5.41) is 8.70. The molecule has 0 atom stereocenters. The highest BCUT2D eigenvalue weighted by atomic mass is 16.5. The molecular formula is C14H16O3. The van der Waals surface area contributed by atoms with E-state index in [1.54, 1.807) is 0 Å². The number of aryl methyl sites for hydroxylation is 1. The summed E-state index contributed by atoms with van der Waals surface area (Å²) in [5.41, 5.74) is 2.36. The van der Waals surface area contributed by atoms with E-state index in [4.69, 9.17) is 9.84 Å². The average Bonchev–Trinajstić information content (AvgIpc) is 2.33. The molecule has 1 rings (SSSR count). The van der Waals surface area contributed by atoms with Gasteiger partial charge in [0.1, 0.15) is 6.61 Å². The van der Waals surface area contributed by atoms with Crippen molar-refractivity contribution in [1.29, 1.82) is 0 Å². The molecule has 0 aliphatic heterocycles. The molecule has 0 heterocycles. The summed E-state index contributed by atoms with van der Waals surface area (Å²) in [6.45, 7) is 7.47. The Bertz CT molecular complexity index is 421. The largest absolute Gasteiger partial charge is 0.497 e. The minimum Gasteiger partial charge on any atom is -0.497 e. The summed E-state index contributed by atoms with van der Waals surface area (Å²) in [4.78, 5) is 10.6. The smallest absolute Gasteiger partial charge is 0.330 e. The second-order valence-electron chi connectivity index (χ2n) is 3.71. The Morgan fingerprint density at radius 1 is 1.41 bits per heavy atom. The summed E-state index contributed by atoms with van der Waals surface area (Å²) in [6, 6.07) is 7.85. The van der Waals surface area contributed by atoms with Crippen LogP contribution in [0.5, 0.6) is 0 Å². The summed E-state index contributed by atoms with van der Waals surface area (Å²) < 4.78 is 5.09. The fraction of sp³-hybridized carbons (Fsp3) is 0.214. The number of carbonyl (C=O) groups is 1. The maximum Gasteiger partial charge on any atom is 0.330 e. The van der Waals surface area contributed by atoms with E-state index in [1.807, 2.05) is 24.3 Å². The van der Waals surface area contributed by atoms with Crippen LogP contribution in [0.4, 0.5) is 0 Å². The van der Waals surface area contributed by atoms with Crippen LogP contribution < -0.4 is 0 Å². The van der Waals surface area contributed by atoms with Crippen LogP contribution >= 0.6 is 0 Å². The zero-order valence-corrected chi connectivity index (χ0v) is 9.69. The van der Waals surface area contributed by atoms with E-state index >= 15 is 0 Å². The van der Waals surface area contributed by atoms with Crippen molar-refractivity contribution in [3.63, 3.8) is 0 Å². The van der Waals surface area contributed by atoms with Crippen LogP contribution in [0.1, 0.15) is 17.5 Å². The van der Waals surface area contributed by atoms with Crippen molar-refractivity contribution in [2.24, 2.45) is 0 Å². The zero-order chi connectivity index (χ0) is 12.7. The zero-order valence-electron chi connectivity index (χ0n) is 9.69. The first-order valence-corrected chi connectivity index (χ1v) is 5.35. The molecule has 0 radical (unpaired) electrons. The molecule has 0 fully saturated rings. The van der Waals surface area contributed by atoms with Gasteiger partial charge in [-0.05, 0) is 24.0 Å². The minimum atomic E-state index is -0.934. The van der Waals surface area contributed by atoms with Crippen molar-refractivity contribution in [1.82, 2.24) is 0 Å². The number of carboxylic acid groups (broad SMARTS) is 1. The topological polar surface area (TPSA) is 46.5 Å². The average molecular weight is 232 g/mol. The number of aliphatic carboxylic acids is 1. The first-order chi connectivity index (χ1) is 8.13. The second-order valence-corrected chi connectivity index (χ2v) is 3.71. The van der Waals surface area contributed by atoms with Gasteiger partial charge in [-0.25, -0.2) is 4.79 Å². The molecule has 0 amide bonds. The van der Waals surface area contributed by atoms with Crippen LogP contribution in [0.2, 0.25) is 0 Å². The third-order valence-electron chi connectivity index (χ3n) is 2.38. The van der Waals surface area contributed by atoms with Gasteiger partial charge in [-0.15, -0.1) is 0 Å². The molecule has 0 unspecified atom stereocenters. The molecule has 1 aromatic carbocycles. The van der Waals surface area contributed by atoms with Crippen molar-refractivity contribution in [3.8, 4) is 0 Å². The molecule has 1 N–H and O–H groups in total. The fourth-order valence-electron chi connectivity index (χ4n) is 1.43. The number of carboxylic acids is 1. The van der Waals surface area contributed by atoms with Crippen LogP contribution in [0.3, 0.4) is 0 Å². The highest BCUT2D eigenvalue weighted by Gasteiger charge is 2.04. The lowest BCUT2D eigenvalue weighted by molar-refractivity contribution is -0.132. The third-order valence-corrected chi connectivity index (χ3v) is 2.38. The van der Waals surface area contributed by atoms with Gasteiger partial charge in [0, 0.05) is 5.57 Å². The lowest BCUT2D eigenvalue weighted by Gasteiger charge is -2.05. The van der Waals surface area contributed by atoms with E-state index in [0.717, 1.165) is 11.1 Å². The maximum atomic E-state index is 10.6. The van der Waals surface area contributed by atoms with Crippen molar-refractivity contribution >= 4 is 5.97 Å². The quantitative estimate of drug-likeness (QED) is 0.580. The van der Waals surface area contributed by atoms with E-state index in [-0.39, 0.29) is 5.57 Å². The van der Waals surface area contributed by atoms with Gasteiger partial charge in [-0.2, -0.15) is 0 Å². The molecule has 0 aliphatic rings. The van der Waals surface area contributed by atoms with Crippen LogP contribution in [0, 0.1) is 0 Å². The van der Waals surface area contributed by atoms with E-state index in [0.29, 0.717) is 19.4 Å². The lowest BCUT2D eigenvalue weighted by Crippen LogP contribution is -2.00. The van der Waals surface area contributed by atoms with Crippen LogP contribution in [-0.4, -0.2) is 11.1 Å². The van der Waals surface area contributed by atoms with E-state index in [9.17, 15) is 4.79 Å². The van der Waals surface area contributed by atoms with Crippen molar-refractivity contribution < 1.29 is 14.6 Å². The monoisotopic (exact) mass is 232 g/mol. The third kappa shape index (κ3) is 4.55. The van der Waals surface area contributed by atoms with Crippen LogP contribution in [0.25, 0.3) is 0 Å². The van der Waals surface area contributed by atoms with Gasteiger partial charge in [0.15, 0.2) is 0 Å². The Balaban J connectivity index is 2.56. The van der Waals surface area contributed by atoms with E-state index in [2.05, 4.69) is 13.2 Å². The number of rotatable bonds is 7. The lowest BCUT2D eigenvalue weighted by atomic mass is 10.0. The van der Waals surface area contributed by atoms with Gasteiger partial charge in [-0.3, -0.25) is 0 Å². The maximum absolute atomic E-state index is 10.6. The summed E-state index contributed by atoms with van der Waals surface area (Å²) in [7, 11) is 0. The van der Waals surface area contributed by atoms with Gasteiger partial charge in [-0.1, -0.05) is 37.4 Å². The minimum absolute atomic E-state index is 0.234. The van der Waals surface area contributed by atoms with Gasteiger partial charge < -0.3 is 9.84 Å². The fourth-order valence-corrected chi connectivity index (χ4v) is 1.43. The van der Waals surface area contributed by atoms with Gasteiger partial charge in [0.05, 0.1) is 6.26 Å². The molecule has 17 heavy (non-hydrogen) atoms. The Morgan fingerprint density at radius 2 is 2.12 bits per heavy atom. The van der Waals surface area contributed by atoms with Crippen LogP contribution in [-0.2, 0) is 22.6 Å². The molecule has 0 saturated carbocycles. The molecular weight excluding hydrogens is 216 g/mol. The van der Waals surface area contributed by atoms with Gasteiger partial charge in [0.25, 0.3) is 0 Å². The SMILES string of the molecule is C=COCc1cccc(CCC(=C)C(=O)O)c1. The molecule has 0 aliphatic carbocycles. The molecule has 3 heteroatoms. The summed E-state index contributed by atoms with van der Waals surface area (Å²) in [5.74, 6) is -0.934. The Morgan fingerprint density at radius 3 is 2.76 bits per heavy atom. The molecule has 0 bridgehead atoms. The van der Waals surface area contributed by atoms with Crippen molar-refractivity contribution in [3.05, 3.63) is 60.4 Å². The van der Waals surface area contributed by atoms with Gasteiger partial charge in [0.2, 0.25) is 0 Å². The Labute approximate surface area is 101 Å². The number of benzene rings is 1. The standard InChI is InChI=1S/C14H16O3/c1-3-17-10-13-6-4-5-12(9-13)8-7-11(2)14(15)16/h3-6,9H,1-2,7-8,10H2,(H,15,16). The number of hydrogen-bond acceptors (Lipinski definition) is 2. The predicted octanol–water partition coefficient (Wildman–Crippen LogP) is 2.92. The molecule has 90 valence electrons. The first-order valence-electron chi connectivity index (χ1n) is 5.35. The van der Waals surface area contributed by atoms with Gasteiger partial charge >= 0.3 is 5.97 Å². The Hall–Kier alpha value is -2.03. The highest BCUT2D eigenvalue weighted by molar-refractivity contribution is 5.85. The van der Waals surface area contributed by atoms with E-state index in [1.165, 1.54) is 6.26 Å².